The number of benzene rings is 1. The van der Waals surface area contributed by atoms with Crippen molar-refractivity contribution in [2.45, 2.75) is 40.7 Å². The quantitative estimate of drug-likeness (QED) is 0.802. The summed E-state index contributed by atoms with van der Waals surface area (Å²) in [5.74, 6) is 0. The van der Waals surface area contributed by atoms with Gasteiger partial charge in [-0.25, -0.2) is 0 Å². The molecule has 114 valence electrons. The summed E-state index contributed by atoms with van der Waals surface area (Å²) in [6.45, 7) is 10.1. The van der Waals surface area contributed by atoms with Gasteiger partial charge < -0.3 is 5.32 Å². The van der Waals surface area contributed by atoms with Crippen LogP contribution in [0.4, 0.5) is 5.69 Å². The van der Waals surface area contributed by atoms with Crippen LogP contribution in [0, 0.1) is 6.92 Å². The third-order valence-corrected chi connectivity index (χ3v) is 3.17. The van der Waals surface area contributed by atoms with Gasteiger partial charge in [0, 0.05) is 30.1 Å². The zero-order chi connectivity index (χ0) is 15.8. The van der Waals surface area contributed by atoms with Crippen molar-refractivity contribution in [3.8, 4) is 0 Å². The monoisotopic (exact) mass is 285 g/mol. The number of hydrogen-bond donors (Lipinski definition) is 1. The fraction of sp³-hybridized carbons (Fsp3) is 0.389. The average Bonchev–Trinajstić information content (AvgIpc) is 2.98. The molecule has 1 N–H and O–H groups in total. The van der Waals surface area contributed by atoms with Crippen LogP contribution in [0.1, 0.15) is 50.4 Å². The molecule has 1 aliphatic heterocycles. The second-order valence-corrected chi connectivity index (χ2v) is 4.46. The van der Waals surface area contributed by atoms with Gasteiger partial charge in [0.05, 0.1) is 12.2 Å². The molecule has 0 radical (unpaired) electrons. The number of nitrogens with zero attached hydrogens (tertiary/aromatic N) is 2. The first-order valence-electron chi connectivity index (χ1n) is 7.77. The van der Waals surface area contributed by atoms with Crippen molar-refractivity contribution in [1.82, 2.24) is 9.78 Å². The Morgan fingerprint density at radius 2 is 1.86 bits per heavy atom. The Morgan fingerprint density at radius 3 is 2.48 bits per heavy atom. The highest BCUT2D eigenvalue weighted by atomic mass is 15.2. The lowest BCUT2D eigenvalue weighted by atomic mass is 9.99. The Morgan fingerprint density at radius 1 is 1.14 bits per heavy atom. The van der Waals surface area contributed by atoms with Gasteiger partial charge in [0.1, 0.15) is 0 Å². The second kappa shape index (κ2) is 8.30. The van der Waals surface area contributed by atoms with Crippen LogP contribution in [0.3, 0.4) is 0 Å². The van der Waals surface area contributed by atoms with Gasteiger partial charge in [-0.15, -0.1) is 0 Å². The molecule has 3 heteroatoms. The van der Waals surface area contributed by atoms with E-state index < -0.39 is 0 Å². The van der Waals surface area contributed by atoms with Crippen molar-refractivity contribution in [2.75, 3.05) is 5.32 Å². The van der Waals surface area contributed by atoms with E-state index >= 15 is 0 Å². The smallest absolute Gasteiger partial charge is 0.0732 e. The fourth-order valence-electron chi connectivity index (χ4n) is 2.23. The van der Waals surface area contributed by atoms with E-state index in [1.807, 2.05) is 51.8 Å². The molecular weight excluding hydrogens is 258 g/mol. The number of hydrogen-bond acceptors (Lipinski definition) is 2. The van der Waals surface area contributed by atoms with Crippen LogP contribution in [-0.4, -0.2) is 9.78 Å². The summed E-state index contributed by atoms with van der Waals surface area (Å²) in [5.41, 5.74) is 4.97. The lowest BCUT2D eigenvalue weighted by Gasteiger charge is -2.22. The molecule has 0 saturated heterocycles. The summed E-state index contributed by atoms with van der Waals surface area (Å²) in [5, 5.41) is 7.74. The van der Waals surface area contributed by atoms with E-state index in [-0.39, 0.29) is 6.04 Å². The van der Waals surface area contributed by atoms with Crippen LogP contribution >= 0.6 is 0 Å². The molecule has 3 nitrogen and oxygen atoms in total. The summed E-state index contributed by atoms with van der Waals surface area (Å²) in [7, 11) is 1.94. The average molecular weight is 285 g/mol. The number of anilines is 1. The Hall–Kier alpha value is -2.03. The largest absolute Gasteiger partial charge is 0.374 e. The van der Waals surface area contributed by atoms with Gasteiger partial charge in [0.25, 0.3) is 0 Å². The van der Waals surface area contributed by atoms with Gasteiger partial charge >= 0.3 is 0 Å². The molecule has 1 aromatic heterocycles. The van der Waals surface area contributed by atoms with E-state index in [1.165, 1.54) is 22.4 Å². The number of rotatable bonds is 1. The third kappa shape index (κ3) is 3.97. The highest BCUT2D eigenvalue weighted by molar-refractivity contribution is 5.73. The lowest BCUT2D eigenvalue weighted by molar-refractivity contribution is 0.766. The van der Waals surface area contributed by atoms with Crippen molar-refractivity contribution in [3.05, 3.63) is 53.4 Å². The molecule has 0 aliphatic carbocycles. The molecule has 0 fully saturated rings. The molecule has 0 bridgehead atoms. The molecule has 1 aliphatic rings. The maximum atomic E-state index is 4.21. The van der Waals surface area contributed by atoms with Crippen LogP contribution < -0.4 is 5.32 Å². The first kappa shape index (κ1) is 17.0. The standard InChI is InChI=1S/C14H15N3.2C2H6/c1-10-4-3-5-14-12(10)6-7-13(16-14)11-8-15-17(2)9-11;2*1-2/h3-9,13,16H,1-2H3;2*1-2H3. The van der Waals surface area contributed by atoms with Crippen LogP contribution in [0.15, 0.2) is 36.7 Å². The molecule has 21 heavy (non-hydrogen) atoms. The summed E-state index contributed by atoms with van der Waals surface area (Å²) in [6, 6.07) is 6.56. The van der Waals surface area contributed by atoms with E-state index in [2.05, 4.69) is 47.7 Å². The van der Waals surface area contributed by atoms with Gasteiger partial charge in [0.2, 0.25) is 0 Å². The predicted molar refractivity (Wildman–Crippen MR) is 92.5 cm³/mol. The molecule has 1 unspecified atom stereocenters. The Labute approximate surface area is 128 Å². The number of nitrogens with one attached hydrogen (secondary N) is 1. The van der Waals surface area contributed by atoms with Crippen LogP contribution in [0.5, 0.6) is 0 Å². The SMILES string of the molecule is CC.CC.Cc1cccc2c1C=CC(c1cnn(C)c1)N2. The topological polar surface area (TPSA) is 29.9 Å². The summed E-state index contributed by atoms with van der Waals surface area (Å²) < 4.78 is 1.83. The zero-order valence-corrected chi connectivity index (χ0v) is 14.0. The van der Waals surface area contributed by atoms with Crippen molar-refractivity contribution in [2.24, 2.45) is 7.05 Å². The van der Waals surface area contributed by atoms with Crippen molar-refractivity contribution in [3.63, 3.8) is 0 Å². The first-order valence-corrected chi connectivity index (χ1v) is 7.77. The van der Waals surface area contributed by atoms with E-state index in [0.29, 0.717) is 0 Å². The maximum absolute atomic E-state index is 4.21. The van der Waals surface area contributed by atoms with Crippen molar-refractivity contribution >= 4 is 11.8 Å². The molecule has 1 atom stereocenters. The Balaban J connectivity index is 0.000000510. The molecule has 0 spiro atoms. The van der Waals surface area contributed by atoms with Crippen LogP contribution in [-0.2, 0) is 7.05 Å². The fourth-order valence-corrected chi connectivity index (χ4v) is 2.23. The van der Waals surface area contributed by atoms with Crippen LogP contribution in [0.2, 0.25) is 0 Å². The van der Waals surface area contributed by atoms with Crippen molar-refractivity contribution < 1.29 is 0 Å². The van der Waals surface area contributed by atoms with Gasteiger partial charge in [-0.3, -0.25) is 4.68 Å². The van der Waals surface area contributed by atoms with Gasteiger partial charge in [-0.05, 0) is 18.6 Å². The molecule has 2 aromatic rings. The highest BCUT2D eigenvalue weighted by Gasteiger charge is 2.16. The minimum Gasteiger partial charge on any atom is -0.374 e. The highest BCUT2D eigenvalue weighted by Crippen LogP contribution is 2.31. The zero-order valence-electron chi connectivity index (χ0n) is 14.0. The molecule has 1 aromatic carbocycles. The Kier molecular flexibility index (Phi) is 6.73. The maximum Gasteiger partial charge on any atom is 0.0732 e. The number of aryl methyl sites for hydroxylation is 2. The van der Waals surface area contributed by atoms with E-state index in [0.717, 1.165) is 0 Å². The third-order valence-electron chi connectivity index (χ3n) is 3.17. The predicted octanol–water partition coefficient (Wildman–Crippen LogP) is 4.96. The minimum atomic E-state index is 0.220. The van der Waals surface area contributed by atoms with Gasteiger partial charge in [-0.1, -0.05) is 52.0 Å². The van der Waals surface area contributed by atoms with E-state index in [1.54, 1.807) is 0 Å². The lowest BCUT2D eigenvalue weighted by Crippen LogP contribution is -2.12. The molecule has 0 amide bonds. The number of fused-ring (bicyclic) bond motifs is 1. The second-order valence-electron chi connectivity index (χ2n) is 4.46. The van der Waals surface area contributed by atoms with E-state index in [9.17, 15) is 0 Å². The number of aromatic nitrogens is 2. The van der Waals surface area contributed by atoms with E-state index in [4.69, 9.17) is 0 Å². The Bertz CT molecular complexity index is 582. The molecule has 3 rings (SSSR count). The van der Waals surface area contributed by atoms with Crippen LogP contribution in [0.25, 0.3) is 6.08 Å². The molecule has 0 saturated carbocycles. The normalized spacial score (nSPS) is 14.9. The first-order chi connectivity index (χ1) is 10.2. The summed E-state index contributed by atoms with van der Waals surface area (Å²) >= 11 is 0. The molecular formula is C18H27N3. The van der Waals surface area contributed by atoms with Gasteiger partial charge in [-0.2, -0.15) is 5.10 Å². The summed E-state index contributed by atoms with van der Waals surface area (Å²) in [4.78, 5) is 0. The minimum absolute atomic E-state index is 0.220. The molecule has 2 heterocycles. The van der Waals surface area contributed by atoms with Gasteiger partial charge in [0.15, 0.2) is 0 Å². The summed E-state index contributed by atoms with van der Waals surface area (Å²) in [6.07, 6.45) is 8.33. The van der Waals surface area contributed by atoms with Crippen molar-refractivity contribution in [1.29, 1.82) is 0 Å².